The van der Waals surface area contributed by atoms with E-state index in [1.807, 2.05) is 0 Å². The molecular weight excluding hydrogens is 460 g/mol. The lowest BCUT2D eigenvalue weighted by Gasteiger charge is -2.16. The Bertz CT molecular complexity index is 1400. The second kappa shape index (κ2) is 9.12. The van der Waals surface area contributed by atoms with E-state index in [9.17, 15) is 13.6 Å². The van der Waals surface area contributed by atoms with Gasteiger partial charge in [0.05, 0.1) is 27.3 Å². The van der Waals surface area contributed by atoms with Crippen LogP contribution < -0.4 is 16.6 Å². The van der Waals surface area contributed by atoms with E-state index >= 15 is 0 Å². The van der Waals surface area contributed by atoms with Crippen molar-refractivity contribution in [2.45, 2.75) is 37.8 Å². The summed E-state index contributed by atoms with van der Waals surface area (Å²) in [6.45, 7) is 0. The Kier molecular flexibility index (Phi) is 6.02. The van der Waals surface area contributed by atoms with Crippen molar-refractivity contribution in [3.63, 3.8) is 0 Å². The average Bonchev–Trinajstić information content (AvgIpc) is 3.19. The molecular formula is C25H22ClF2N5O. The van der Waals surface area contributed by atoms with Crippen LogP contribution in [0.4, 0.5) is 14.5 Å². The van der Waals surface area contributed by atoms with Crippen molar-refractivity contribution in [2.75, 3.05) is 5.32 Å². The molecule has 174 valence electrons. The summed E-state index contributed by atoms with van der Waals surface area (Å²) in [5.74, 6) is -0.855. The van der Waals surface area contributed by atoms with E-state index < -0.39 is 11.6 Å². The molecule has 2 unspecified atom stereocenters. The van der Waals surface area contributed by atoms with Gasteiger partial charge in [0.15, 0.2) is 0 Å². The minimum atomic E-state index is -0.663. The van der Waals surface area contributed by atoms with Crippen molar-refractivity contribution in [3.05, 3.63) is 87.1 Å². The summed E-state index contributed by atoms with van der Waals surface area (Å²) in [6, 6.07) is 10.6. The fourth-order valence-corrected chi connectivity index (χ4v) is 4.58. The second-order valence-corrected chi connectivity index (χ2v) is 9.07. The molecule has 1 aliphatic carbocycles. The van der Waals surface area contributed by atoms with Crippen LogP contribution in [0.5, 0.6) is 0 Å². The molecule has 0 amide bonds. The molecule has 34 heavy (non-hydrogen) atoms. The minimum Gasteiger partial charge on any atom is -0.381 e. The molecule has 0 bridgehead atoms. The van der Waals surface area contributed by atoms with E-state index in [1.165, 1.54) is 12.1 Å². The number of fused-ring (bicyclic) bond motifs is 1. The van der Waals surface area contributed by atoms with Gasteiger partial charge in [-0.15, -0.1) is 0 Å². The fraction of sp³-hybridized carbons (Fsp3) is 0.240. The number of nitrogens with one attached hydrogen (secondary N) is 2. The SMILES string of the molecule is NC1CCC(Nc2cc3nc(Cc4ccc(-c5cc(F)cc(F)c5)nc4)[nH]c(=O)c3cc2Cl)C1. The number of pyridine rings is 1. The molecule has 1 aliphatic rings. The van der Waals surface area contributed by atoms with Gasteiger partial charge in [-0.1, -0.05) is 17.7 Å². The van der Waals surface area contributed by atoms with Gasteiger partial charge in [-0.3, -0.25) is 9.78 Å². The van der Waals surface area contributed by atoms with Crippen molar-refractivity contribution in [1.82, 2.24) is 15.0 Å². The standard InChI is InChI=1S/C25H22ClF2N5O/c26-20-10-19-22(11-23(20)31-18-3-2-17(29)9-18)32-24(33-25(19)34)5-13-1-4-21(30-12-13)14-6-15(27)8-16(28)7-14/h1,4,6-8,10-12,17-18,31H,2-3,5,9,29H2,(H,32,33,34). The molecule has 6 nitrogen and oxygen atoms in total. The van der Waals surface area contributed by atoms with Gasteiger partial charge in [0.1, 0.15) is 17.5 Å². The van der Waals surface area contributed by atoms with Gasteiger partial charge >= 0.3 is 0 Å². The van der Waals surface area contributed by atoms with Crippen LogP contribution in [-0.4, -0.2) is 27.0 Å². The molecule has 4 N–H and O–H groups in total. The Morgan fingerprint density at radius 2 is 1.91 bits per heavy atom. The summed E-state index contributed by atoms with van der Waals surface area (Å²) in [7, 11) is 0. The van der Waals surface area contributed by atoms with Gasteiger partial charge in [0.2, 0.25) is 0 Å². The Morgan fingerprint density at radius 3 is 2.59 bits per heavy atom. The molecule has 5 rings (SSSR count). The van der Waals surface area contributed by atoms with Crippen molar-refractivity contribution in [3.8, 4) is 11.3 Å². The summed E-state index contributed by atoms with van der Waals surface area (Å²) >= 11 is 6.41. The highest BCUT2D eigenvalue weighted by Crippen LogP contribution is 2.30. The normalized spacial score (nSPS) is 17.9. The van der Waals surface area contributed by atoms with Crippen LogP contribution in [0, 0.1) is 11.6 Å². The Labute approximate surface area is 199 Å². The molecule has 1 fully saturated rings. The first kappa shape index (κ1) is 22.4. The molecule has 0 saturated heterocycles. The van der Waals surface area contributed by atoms with Crippen LogP contribution in [0.25, 0.3) is 22.2 Å². The predicted molar refractivity (Wildman–Crippen MR) is 129 cm³/mol. The highest BCUT2D eigenvalue weighted by atomic mass is 35.5. The van der Waals surface area contributed by atoms with Gasteiger partial charge in [0.25, 0.3) is 5.56 Å². The topological polar surface area (TPSA) is 96.7 Å². The van der Waals surface area contributed by atoms with Crippen molar-refractivity contribution < 1.29 is 8.78 Å². The number of aromatic amines is 1. The second-order valence-electron chi connectivity index (χ2n) is 8.66. The van der Waals surface area contributed by atoms with Crippen LogP contribution in [-0.2, 0) is 6.42 Å². The third-order valence-corrected chi connectivity index (χ3v) is 6.34. The first-order valence-electron chi connectivity index (χ1n) is 11.0. The monoisotopic (exact) mass is 481 g/mol. The van der Waals surface area contributed by atoms with E-state index in [2.05, 4.69) is 20.3 Å². The first-order valence-corrected chi connectivity index (χ1v) is 11.4. The molecule has 4 aromatic rings. The summed E-state index contributed by atoms with van der Waals surface area (Å²) in [5, 5.41) is 4.29. The Morgan fingerprint density at radius 1 is 1.12 bits per heavy atom. The largest absolute Gasteiger partial charge is 0.381 e. The number of benzene rings is 2. The molecule has 1 saturated carbocycles. The predicted octanol–water partition coefficient (Wildman–Crippen LogP) is 4.80. The zero-order valence-electron chi connectivity index (χ0n) is 18.1. The summed E-state index contributed by atoms with van der Waals surface area (Å²) in [5.41, 5.74) is 8.57. The summed E-state index contributed by atoms with van der Waals surface area (Å²) in [6.07, 6.45) is 4.73. The molecule has 2 aromatic heterocycles. The van der Waals surface area contributed by atoms with Crippen LogP contribution in [0.2, 0.25) is 5.02 Å². The smallest absolute Gasteiger partial charge is 0.258 e. The van der Waals surface area contributed by atoms with Crippen LogP contribution in [0.15, 0.2) is 53.5 Å². The number of rotatable bonds is 5. The maximum atomic E-state index is 13.5. The minimum absolute atomic E-state index is 0.184. The molecule has 0 radical (unpaired) electrons. The maximum Gasteiger partial charge on any atom is 0.258 e. The molecule has 2 atom stereocenters. The van der Waals surface area contributed by atoms with E-state index in [-0.39, 0.29) is 17.6 Å². The van der Waals surface area contributed by atoms with Crippen molar-refractivity contribution in [1.29, 1.82) is 0 Å². The number of aromatic nitrogens is 3. The Hall–Kier alpha value is -3.36. The van der Waals surface area contributed by atoms with Gasteiger partial charge < -0.3 is 16.0 Å². The van der Waals surface area contributed by atoms with E-state index in [0.29, 0.717) is 39.4 Å². The van der Waals surface area contributed by atoms with Crippen LogP contribution in [0.3, 0.4) is 0 Å². The van der Waals surface area contributed by atoms with Gasteiger partial charge in [0, 0.05) is 36.3 Å². The van der Waals surface area contributed by atoms with E-state index in [0.717, 1.165) is 36.6 Å². The highest BCUT2D eigenvalue weighted by molar-refractivity contribution is 6.34. The lowest BCUT2D eigenvalue weighted by atomic mass is 10.1. The van der Waals surface area contributed by atoms with E-state index in [4.69, 9.17) is 17.3 Å². The number of nitrogens with two attached hydrogens (primary N) is 1. The molecule has 0 aliphatic heterocycles. The molecule has 9 heteroatoms. The molecule has 2 aromatic carbocycles. The third-order valence-electron chi connectivity index (χ3n) is 6.03. The van der Waals surface area contributed by atoms with E-state index in [1.54, 1.807) is 30.5 Å². The number of hydrogen-bond donors (Lipinski definition) is 3. The zero-order valence-corrected chi connectivity index (χ0v) is 18.9. The lowest BCUT2D eigenvalue weighted by Crippen LogP contribution is -2.21. The van der Waals surface area contributed by atoms with Crippen molar-refractivity contribution in [2.24, 2.45) is 5.73 Å². The first-order chi connectivity index (χ1) is 16.3. The number of halogens is 3. The average molecular weight is 482 g/mol. The lowest BCUT2D eigenvalue weighted by molar-refractivity contribution is 0.584. The van der Waals surface area contributed by atoms with Gasteiger partial charge in [-0.25, -0.2) is 13.8 Å². The number of nitrogens with zero attached hydrogens (tertiary/aromatic N) is 2. The summed E-state index contributed by atoms with van der Waals surface area (Å²) < 4.78 is 27.0. The maximum absolute atomic E-state index is 13.5. The fourth-order valence-electron chi connectivity index (χ4n) is 4.36. The van der Waals surface area contributed by atoms with Crippen LogP contribution in [0.1, 0.15) is 30.7 Å². The number of anilines is 1. The highest BCUT2D eigenvalue weighted by Gasteiger charge is 2.22. The zero-order chi connectivity index (χ0) is 23.8. The van der Waals surface area contributed by atoms with Gasteiger partial charge in [-0.05, 0) is 55.2 Å². The third kappa shape index (κ3) is 4.78. The Balaban J connectivity index is 1.40. The number of H-pyrrole nitrogens is 1. The van der Waals surface area contributed by atoms with Crippen molar-refractivity contribution >= 4 is 28.2 Å². The molecule has 2 heterocycles. The summed E-state index contributed by atoms with van der Waals surface area (Å²) in [4.78, 5) is 24.4. The number of hydrogen-bond acceptors (Lipinski definition) is 5. The molecule has 0 spiro atoms. The van der Waals surface area contributed by atoms with Crippen LogP contribution >= 0.6 is 11.6 Å². The van der Waals surface area contributed by atoms with Gasteiger partial charge in [-0.2, -0.15) is 0 Å². The quantitative estimate of drug-likeness (QED) is 0.380.